The lowest BCUT2D eigenvalue weighted by Crippen LogP contribution is -2.59. The number of nitrogens with zero attached hydrogens (tertiary/aromatic N) is 4. The van der Waals surface area contributed by atoms with Crippen molar-refractivity contribution >= 4 is 11.9 Å². The molecule has 16 heteroatoms. The highest BCUT2D eigenvalue weighted by atomic mass is 19.4. The van der Waals surface area contributed by atoms with Gasteiger partial charge in [-0.2, -0.15) is 26.3 Å². The number of alkyl halides is 6. The van der Waals surface area contributed by atoms with Crippen LogP contribution in [0.3, 0.4) is 0 Å². The normalized spacial score (nSPS) is 18.1. The average molecular weight is 641 g/mol. The Bertz CT molecular complexity index is 1260. The molecule has 1 spiro atoms. The molecule has 2 fully saturated rings. The van der Waals surface area contributed by atoms with Crippen LogP contribution in [0.5, 0.6) is 0 Å². The van der Waals surface area contributed by atoms with Crippen LogP contribution >= 0.6 is 0 Å². The van der Waals surface area contributed by atoms with Crippen LogP contribution in [0.25, 0.3) is 5.69 Å². The number of carbonyl (C=O) groups is 2. The number of aromatic nitrogens is 2. The van der Waals surface area contributed by atoms with E-state index in [0.717, 1.165) is 69.1 Å². The van der Waals surface area contributed by atoms with Crippen molar-refractivity contribution in [3.8, 4) is 5.69 Å². The highest BCUT2D eigenvalue weighted by molar-refractivity contribution is 5.73. The maximum Gasteiger partial charge on any atom is 0.490 e. The van der Waals surface area contributed by atoms with Crippen molar-refractivity contribution in [1.29, 1.82) is 0 Å². The molecule has 0 saturated carbocycles. The molecule has 2 N–H and O–H groups in total. The summed E-state index contributed by atoms with van der Waals surface area (Å²) < 4.78 is 73.6. The Morgan fingerprint density at radius 2 is 1.43 bits per heavy atom. The van der Waals surface area contributed by atoms with Gasteiger partial charge in [-0.15, -0.1) is 0 Å². The summed E-state index contributed by atoms with van der Waals surface area (Å²) in [5.41, 5.74) is 3.05. The Hall–Kier alpha value is -3.37. The maximum absolute atomic E-state index is 13.2. The highest BCUT2D eigenvalue weighted by Crippen LogP contribution is 2.41. The van der Waals surface area contributed by atoms with E-state index in [9.17, 15) is 31.1 Å². The number of halogens is 6. The van der Waals surface area contributed by atoms with Crippen LogP contribution in [0.15, 0.2) is 35.1 Å². The Balaban J connectivity index is 0.000000402. The van der Waals surface area contributed by atoms with Gasteiger partial charge in [0.25, 0.3) is 5.56 Å². The molecular formula is C28H38F6N4O6. The topological polar surface area (TPSA) is 117 Å². The van der Waals surface area contributed by atoms with Gasteiger partial charge in [-0.05, 0) is 45.0 Å². The van der Waals surface area contributed by atoms with Gasteiger partial charge >= 0.3 is 24.3 Å². The molecule has 10 nitrogen and oxygen atoms in total. The first-order valence-electron chi connectivity index (χ1n) is 13.9. The zero-order chi connectivity index (χ0) is 33.5. The molecule has 248 valence electrons. The lowest BCUT2D eigenvalue weighted by molar-refractivity contribution is -0.229. The van der Waals surface area contributed by atoms with Crippen LogP contribution < -0.4 is 5.56 Å². The molecular weight excluding hydrogens is 602 g/mol. The summed E-state index contributed by atoms with van der Waals surface area (Å²) in [5.74, 6) is -5.51. The summed E-state index contributed by atoms with van der Waals surface area (Å²) in [7, 11) is 1.97. The van der Waals surface area contributed by atoms with Crippen molar-refractivity contribution < 1.29 is 50.9 Å². The lowest BCUT2D eigenvalue weighted by atomic mass is 9.80. The number of aliphatic carboxylic acids is 2. The number of hydrogen-bond acceptors (Lipinski definition) is 6. The first-order chi connectivity index (χ1) is 20.3. The maximum atomic E-state index is 13.2. The molecule has 1 aromatic heterocycles. The van der Waals surface area contributed by atoms with Crippen molar-refractivity contribution in [2.75, 3.05) is 32.7 Å². The van der Waals surface area contributed by atoms with Crippen LogP contribution in [-0.4, -0.2) is 98.1 Å². The molecule has 0 amide bonds. The van der Waals surface area contributed by atoms with Gasteiger partial charge in [-0.25, -0.2) is 14.3 Å². The number of piperidine rings is 1. The van der Waals surface area contributed by atoms with Gasteiger partial charge in [0.05, 0.1) is 23.0 Å². The molecule has 1 unspecified atom stereocenters. The van der Waals surface area contributed by atoms with Gasteiger partial charge in [0.2, 0.25) is 0 Å². The molecule has 2 aromatic rings. The van der Waals surface area contributed by atoms with E-state index >= 15 is 0 Å². The van der Waals surface area contributed by atoms with Crippen molar-refractivity contribution in [3.05, 3.63) is 51.9 Å². The Kier molecular flexibility index (Phi) is 12.6. The minimum absolute atomic E-state index is 0.0876. The molecule has 2 saturated heterocycles. The van der Waals surface area contributed by atoms with E-state index in [-0.39, 0.29) is 11.2 Å². The molecule has 4 rings (SSSR count). The lowest BCUT2D eigenvalue weighted by Gasteiger charge is -2.53. The van der Waals surface area contributed by atoms with E-state index in [1.165, 1.54) is 6.42 Å². The molecule has 1 atom stereocenters. The number of ether oxygens (including phenoxy) is 1. The predicted octanol–water partition coefficient (Wildman–Crippen LogP) is 4.22. The Morgan fingerprint density at radius 1 is 0.977 bits per heavy atom. The van der Waals surface area contributed by atoms with E-state index in [4.69, 9.17) is 24.5 Å². The quantitative estimate of drug-likeness (QED) is 0.433. The van der Waals surface area contributed by atoms with Crippen molar-refractivity contribution in [2.24, 2.45) is 7.05 Å². The van der Waals surface area contributed by atoms with Gasteiger partial charge in [0, 0.05) is 45.3 Å². The monoisotopic (exact) mass is 640 g/mol. The number of carboxylic acids is 2. The zero-order valence-corrected chi connectivity index (χ0v) is 24.9. The summed E-state index contributed by atoms with van der Waals surface area (Å²) in [6, 6.07) is 9.89. The zero-order valence-electron chi connectivity index (χ0n) is 24.9. The minimum atomic E-state index is -5.08. The van der Waals surface area contributed by atoms with E-state index in [0.29, 0.717) is 6.10 Å². The number of likely N-dealkylation sites (N-methyl/N-ethyl adjacent to an activating group) is 1. The minimum Gasteiger partial charge on any atom is -0.475 e. The molecule has 1 aromatic carbocycles. The third kappa shape index (κ3) is 9.82. The fourth-order valence-corrected chi connectivity index (χ4v) is 5.10. The van der Waals surface area contributed by atoms with Crippen molar-refractivity contribution in [3.63, 3.8) is 0 Å². The SMILES string of the molecule is CCN(CC)CC1CC2(CCN(Cc3c(C)n(C)n(-c4ccccc4)c3=O)CC2)O1.O=C(O)C(F)(F)F.O=C(O)C(F)(F)F. The molecule has 44 heavy (non-hydrogen) atoms. The van der Waals surface area contributed by atoms with E-state index in [1.54, 1.807) is 4.68 Å². The molecule has 2 aliphatic heterocycles. The largest absolute Gasteiger partial charge is 0.490 e. The van der Waals surface area contributed by atoms with Gasteiger partial charge in [0.15, 0.2) is 0 Å². The van der Waals surface area contributed by atoms with Crippen LogP contribution in [0.2, 0.25) is 0 Å². The number of hydrogen-bond donors (Lipinski definition) is 2. The van der Waals surface area contributed by atoms with E-state index in [2.05, 4.69) is 30.6 Å². The number of para-hydroxylation sites is 1. The third-order valence-corrected chi connectivity index (χ3v) is 7.68. The predicted molar refractivity (Wildman–Crippen MR) is 148 cm³/mol. The Morgan fingerprint density at radius 3 is 1.84 bits per heavy atom. The average Bonchev–Trinajstić information content (AvgIpc) is 3.14. The fraction of sp³-hybridized carbons (Fsp3) is 0.607. The molecule has 0 bridgehead atoms. The fourth-order valence-electron chi connectivity index (χ4n) is 5.10. The van der Waals surface area contributed by atoms with Gasteiger partial charge < -0.3 is 19.8 Å². The second kappa shape index (κ2) is 15.1. The van der Waals surface area contributed by atoms with Gasteiger partial charge in [0.1, 0.15) is 0 Å². The molecule has 0 radical (unpaired) electrons. The first-order valence-corrected chi connectivity index (χ1v) is 13.9. The van der Waals surface area contributed by atoms with E-state index < -0.39 is 24.3 Å². The molecule has 3 heterocycles. The summed E-state index contributed by atoms with van der Waals surface area (Å²) in [6.07, 6.45) is -6.45. The van der Waals surface area contributed by atoms with Crippen LogP contribution in [0, 0.1) is 6.92 Å². The van der Waals surface area contributed by atoms with Gasteiger partial charge in [-0.3, -0.25) is 14.4 Å². The second-order valence-corrected chi connectivity index (χ2v) is 10.5. The summed E-state index contributed by atoms with van der Waals surface area (Å²) >= 11 is 0. The molecule has 0 aliphatic carbocycles. The smallest absolute Gasteiger partial charge is 0.475 e. The number of rotatable bonds is 7. The van der Waals surface area contributed by atoms with Crippen LogP contribution in [0.1, 0.15) is 44.4 Å². The van der Waals surface area contributed by atoms with Crippen LogP contribution in [0.4, 0.5) is 26.3 Å². The molecule has 2 aliphatic rings. The first kappa shape index (κ1) is 36.8. The van der Waals surface area contributed by atoms with Crippen LogP contribution in [-0.2, 0) is 27.9 Å². The summed E-state index contributed by atoms with van der Waals surface area (Å²) in [6.45, 7) is 12.4. The van der Waals surface area contributed by atoms with Crippen molar-refractivity contribution in [2.45, 2.75) is 70.6 Å². The summed E-state index contributed by atoms with van der Waals surface area (Å²) in [4.78, 5) is 35.8. The number of likely N-dealkylation sites (tertiary alicyclic amines) is 1. The second-order valence-electron chi connectivity index (χ2n) is 10.5. The standard InChI is InChI=1S/C24H36N4O2.2C2HF3O2/c1-5-26(6-2)17-21-16-24(30-21)12-14-27(15-13-24)18-22-19(3)25(4)28(23(22)29)20-10-8-7-9-11-20;2*3-2(4,5)1(6)7/h7-11,21H,5-6,12-18H2,1-4H3;2*(H,6,7). The Labute approximate surface area is 250 Å². The number of benzene rings is 1. The van der Waals surface area contributed by atoms with Crippen molar-refractivity contribution in [1.82, 2.24) is 19.2 Å². The number of carboxylic acid groups (broad SMARTS) is 2. The third-order valence-electron chi connectivity index (χ3n) is 7.68. The summed E-state index contributed by atoms with van der Waals surface area (Å²) in [5, 5.41) is 14.2. The highest BCUT2D eigenvalue weighted by Gasteiger charge is 2.47. The van der Waals surface area contributed by atoms with E-state index in [1.807, 2.05) is 42.1 Å². The van der Waals surface area contributed by atoms with Gasteiger partial charge in [-0.1, -0.05) is 32.0 Å².